The third kappa shape index (κ3) is 4.84. The highest BCUT2D eigenvalue weighted by Crippen LogP contribution is 2.28. The molecule has 1 unspecified atom stereocenters. The number of nitrogens with one attached hydrogen (secondary N) is 1. The molecule has 0 aliphatic carbocycles. The minimum atomic E-state index is -0.233. The van der Waals surface area contributed by atoms with Crippen LogP contribution in [0.3, 0.4) is 0 Å². The minimum Gasteiger partial charge on any atom is -0.399 e. The number of nitrogen functional groups attached to an aromatic ring is 1. The number of thioether (sulfide) groups is 1. The first-order chi connectivity index (χ1) is 12.0. The van der Waals surface area contributed by atoms with Gasteiger partial charge in [0, 0.05) is 26.0 Å². The van der Waals surface area contributed by atoms with Crippen molar-refractivity contribution in [2.45, 2.75) is 17.1 Å². The second-order valence-corrected chi connectivity index (χ2v) is 8.55. The zero-order valence-corrected chi connectivity index (χ0v) is 16.6. The predicted octanol–water partition coefficient (Wildman–Crippen LogP) is 5.27. The van der Waals surface area contributed by atoms with Gasteiger partial charge in [-0.3, -0.25) is 4.79 Å². The largest absolute Gasteiger partial charge is 0.399 e. The van der Waals surface area contributed by atoms with Crippen molar-refractivity contribution in [2.24, 2.45) is 0 Å². The molecular formula is C18H16BrN3OS2. The van der Waals surface area contributed by atoms with E-state index in [4.69, 9.17) is 5.73 Å². The summed E-state index contributed by atoms with van der Waals surface area (Å²) in [6, 6.07) is 15.4. The number of carbonyl (C=O) groups excluding carboxylic acids is 1. The lowest BCUT2D eigenvalue weighted by Gasteiger charge is -2.10. The Balaban J connectivity index is 1.62. The van der Waals surface area contributed by atoms with Crippen LogP contribution in [0.2, 0.25) is 0 Å². The summed E-state index contributed by atoms with van der Waals surface area (Å²) >= 11 is 6.33. The number of nitrogens with two attached hydrogens (primary N) is 1. The third-order valence-corrected chi connectivity index (χ3v) is 5.83. The van der Waals surface area contributed by atoms with Gasteiger partial charge in [-0.1, -0.05) is 28.1 Å². The number of rotatable bonds is 5. The van der Waals surface area contributed by atoms with E-state index in [1.807, 2.05) is 60.8 Å². The molecule has 1 heterocycles. The fourth-order valence-corrected chi connectivity index (χ4v) is 3.95. The Bertz CT molecular complexity index is 863. The lowest BCUT2D eigenvalue weighted by molar-refractivity contribution is -0.115. The molecule has 3 rings (SSSR count). The molecule has 0 spiro atoms. The van der Waals surface area contributed by atoms with Crippen molar-refractivity contribution >= 4 is 55.8 Å². The maximum Gasteiger partial charge on any atom is 0.239 e. The predicted molar refractivity (Wildman–Crippen MR) is 110 cm³/mol. The Morgan fingerprint density at radius 1 is 1.20 bits per heavy atom. The van der Waals surface area contributed by atoms with Gasteiger partial charge in [0.2, 0.25) is 5.91 Å². The number of hydrogen-bond donors (Lipinski definition) is 2. The summed E-state index contributed by atoms with van der Waals surface area (Å²) in [4.78, 5) is 17.9. The number of carbonyl (C=O) groups is 1. The number of halogens is 1. The molecular weight excluding hydrogens is 418 g/mol. The molecule has 128 valence electrons. The molecule has 0 bridgehead atoms. The molecule has 0 radical (unpaired) electrons. The summed E-state index contributed by atoms with van der Waals surface area (Å²) in [5.74, 6) is -0.0708. The van der Waals surface area contributed by atoms with Crippen LogP contribution in [0.5, 0.6) is 0 Å². The van der Waals surface area contributed by atoms with Crippen molar-refractivity contribution in [2.75, 3.05) is 11.1 Å². The van der Waals surface area contributed by atoms with Crippen LogP contribution in [0.4, 0.5) is 10.8 Å². The van der Waals surface area contributed by atoms with E-state index < -0.39 is 0 Å². The molecule has 0 saturated carbocycles. The summed E-state index contributed by atoms with van der Waals surface area (Å²) in [6.07, 6.45) is 0. The Morgan fingerprint density at radius 3 is 2.56 bits per heavy atom. The number of thiazole rings is 1. The molecule has 3 aromatic rings. The van der Waals surface area contributed by atoms with Crippen LogP contribution in [-0.4, -0.2) is 16.1 Å². The summed E-state index contributed by atoms with van der Waals surface area (Å²) in [5, 5.41) is 5.20. The lowest BCUT2D eigenvalue weighted by Crippen LogP contribution is -2.22. The zero-order chi connectivity index (χ0) is 17.8. The number of nitrogens with zero attached hydrogens (tertiary/aromatic N) is 1. The molecule has 3 N–H and O–H groups in total. The van der Waals surface area contributed by atoms with Crippen molar-refractivity contribution in [3.63, 3.8) is 0 Å². The average molecular weight is 434 g/mol. The van der Waals surface area contributed by atoms with Crippen molar-refractivity contribution in [3.05, 3.63) is 58.4 Å². The molecule has 0 saturated heterocycles. The molecule has 4 nitrogen and oxygen atoms in total. The normalized spacial score (nSPS) is 11.9. The maximum atomic E-state index is 12.4. The summed E-state index contributed by atoms with van der Waals surface area (Å²) < 4.78 is 1.02. The molecule has 7 heteroatoms. The summed E-state index contributed by atoms with van der Waals surface area (Å²) in [6.45, 7) is 1.87. The molecule has 1 amide bonds. The van der Waals surface area contributed by atoms with Crippen LogP contribution in [0, 0.1) is 0 Å². The van der Waals surface area contributed by atoms with E-state index in [9.17, 15) is 4.79 Å². The lowest BCUT2D eigenvalue weighted by atomic mass is 10.2. The first-order valence-electron chi connectivity index (χ1n) is 7.56. The molecule has 2 aromatic carbocycles. The highest BCUT2D eigenvalue weighted by atomic mass is 79.9. The van der Waals surface area contributed by atoms with Gasteiger partial charge in [-0.25, -0.2) is 4.98 Å². The van der Waals surface area contributed by atoms with E-state index >= 15 is 0 Å². The van der Waals surface area contributed by atoms with Crippen LogP contribution < -0.4 is 11.1 Å². The van der Waals surface area contributed by atoms with Gasteiger partial charge in [-0.2, -0.15) is 0 Å². The second-order valence-electron chi connectivity index (χ2n) is 5.36. The Morgan fingerprint density at radius 2 is 1.88 bits per heavy atom. The number of anilines is 2. The summed E-state index contributed by atoms with van der Waals surface area (Å²) in [5.41, 5.74) is 8.26. The number of aromatic nitrogens is 1. The smallest absolute Gasteiger partial charge is 0.239 e. The van der Waals surface area contributed by atoms with E-state index in [1.54, 1.807) is 0 Å². The average Bonchev–Trinajstić information content (AvgIpc) is 3.06. The second kappa shape index (κ2) is 8.03. The highest BCUT2D eigenvalue weighted by Gasteiger charge is 2.16. The van der Waals surface area contributed by atoms with E-state index in [2.05, 4.69) is 26.2 Å². The van der Waals surface area contributed by atoms with Crippen LogP contribution in [-0.2, 0) is 4.79 Å². The van der Waals surface area contributed by atoms with Crippen LogP contribution in [0.15, 0.2) is 63.3 Å². The van der Waals surface area contributed by atoms with Gasteiger partial charge in [0.15, 0.2) is 5.13 Å². The topological polar surface area (TPSA) is 68.0 Å². The molecule has 0 aliphatic heterocycles. The van der Waals surface area contributed by atoms with Crippen molar-refractivity contribution in [1.82, 2.24) is 4.98 Å². The van der Waals surface area contributed by atoms with Crippen LogP contribution in [0.25, 0.3) is 11.3 Å². The zero-order valence-electron chi connectivity index (χ0n) is 13.4. The monoisotopic (exact) mass is 433 g/mol. The first kappa shape index (κ1) is 18.0. The van der Waals surface area contributed by atoms with Crippen molar-refractivity contribution in [1.29, 1.82) is 0 Å². The number of amides is 1. The van der Waals surface area contributed by atoms with Gasteiger partial charge in [0.25, 0.3) is 0 Å². The fourth-order valence-electron chi connectivity index (χ4n) is 2.10. The third-order valence-electron chi connectivity index (χ3n) is 3.44. The minimum absolute atomic E-state index is 0.0708. The van der Waals surface area contributed by atoms with Crippen molar-refractivity contribution in [3.8, 4) is 11.3 Å². The first-order valence-corrected chi connectivity index (χ1v) is 10.1. The highest BCUT2D eigenvalue weighted by molar-refractivity contribution is 9.10. The van der Waals surface area contributed by atoms with Gasteiger partial charge in [-0.15, -0.1) is 23.1 Å². The Hall–Kier alpha value is -1.83. The van der Waals surface area contributed by atoms with E-state index in [-0.39, 0.29) is 11.2 Å². The van der Waals surface area contributed by atoms with E-state index in [0.717, 1.165) is 20.6 Å². The summed E-state index contributed by atoms with van der Waals surface area (Å²) in [7, 11) is 0. The molecule has 0 aliphatic rings. The maximum absolute atomic E-state index is 12.4. The quantitative estimate of drug-likeness (QED) is 0.424. The van der Waals surface area contributed by atoms with Gasteiger partial charge >= 0.3 is 0 Å². The van der Waals surface area contributed by atoms with E-state index in [0.29, 0.717) is 10.8 Å². The van der Waals surface area contributed by atoms with E-state index in [1.165, 1.54) is 23.1 Å². The fraction of sp³-hybridized carbons (Fsp3) is 0.111. The SMILES string of the molecule is CC(Sc1ccc(N)cc1)C(=O)Nc1nc(-c2ccc(Br)cc2)cs1. The van der Waals surface area contributed by atoms with Crippen LogP contribution >= 0.6 is 39.0 Å². The number of benzene rings is 2. The van der Waals surface area contributed by atoms with Crippen LogP contribution in [0.1, 0.15) is 6.92 Å². The van der Waals surface area contributed by atoms with Gasteiger partial charge in [0.05, 0.1) is 10.9 Å². The van der Waals surface area contributed by atoms with Gasteiger partial charge < -0.3 is 11.1 Å². The van der Waals surface area contributed by atoms with Gasteiger partial charge in [0.1, 0.15) is 0 Å². The van der Waals surface area contributed by atoms with Crippen molar-refractivity contribution < 1.29 is 4.79 Å². The Kier molecular flexibility index (Phi) is 5.78. The molecule has 1 aromatic heterocycles. The molecule has 0 fully saturated rings. The number of hydrogen-bond acceptors (Lipinski definition) is 5. The Labute approximate surface area is 163 Å². The molecule has 1 atom stereocenters. The van der Waals surface area contributed by atoms with Gasteiger partial charge in [-0.05, 0) is 43.3 Å². The standard InChI is InChI=1S/C18H16BrN3OS2/c1-11(25-15-8-6-14(20)7-9-15)17(23)22-18-21-16(10-24-18)12-2-4-13(19)5-3-12/h2-11H,20H2,1H3,(H,21,22,23). The molecule has 25 heavy (non-hydrogen) atoms.